The van der Waals surface area contributed by atoms with E-state index in [1.807, 2.05) is 19.1 Å². The monoisotopic (exact) mass is 389 g/mol. The number of unbranched alkanes of at least 4 members (excludes halogenated alkanes) is 6. The second kappa shape index (κ2) is 10.8. The van der Waals surface area contributed by atoms with E-state index in [-0.39, 0.29) is 0 Å². The van der Waals surface area contributed by atoms with Gasteiger partial charge >= 0.3 is 0 Å². The van der Waals surface area contributed by atoms with Gasteiger partial charge in [-0.15, -0.1) is 0 Å². The first kappa shape index (κ1) is 21.9. The summed E-state index contributed by atoms with van der Waals surface area (Å²) >= 11 is 0. The summed E-state index contributed by atoms with van der Waals surface area (Å²) in [5.74, 6) is 0. The first-order chi connectivity index (χ1) is 12.9. The summed E-state index contributed by atoms with van der Waals surface area (Å²) in [6, 6.07) is 7.14. The largest absolute Gasteiger partial charge is 0.243 e. The fourth-order valence-electron chi connectivity index (χ4n) is 3.48. The summed E-state index contributed by atoms with van der Waals surface area (Å²) in [5, 5.41) is 0. The lowest BCUT2D eigenvalue weighted by Crippen LogP contribution is -2.32. The average Bonchev–Trinajstić information content (AvgIpc) is 2.83. The molecule has 1 aliphatic heterocycles. The molecule has 1 heterocycles. The van der Waals surface area contributed by atoms with E-state index in [9.17, 15) is 8.42 Å². The van der Waals surface area contributed by atoms with Gasteiger partial charge < -0.3 is 0 Å². The van der Waals surface area contributed by atoms with Crippen molar-refractivity contribution in [2.75, 3.05) is 13.1 Å². The smallest absolute Gasteiger partial charge is 0.207 e. The molecule has 0 bridgehead atoms. The second-order valence-electron chi connectivity index (χ2n) is 7.64. The first-order valence-corrected chi connectivity index (χ1v) is 11.8. The fraction of sp³-hybridized carbons (Fsp3) is 0.565. The molecule has 0 aromatic heterocycles. The van der Waals surface area contributed by atoms with Crippen LogP contribution in [0.4, 0.5) is 0 Å². The fourth-order valence-corrected chi connectivity index (χ4v) is 4.94. The zero-order chi connectivity index (χ0) is 19.7. The van der Waals surface area contributed by atoms with E-state index in [2.05, 4.69) is 19.6 Å². The first-order valence-electron chi connectivity index (χ1n) is 10.4. The quantitative estimate of drug-likeness (QED) is 0.485. The highest BCUT2D eigenvalue weighted by Crippen LogP contribution is 2.26. The minimum atomic E-state index is -3.45. The molecule has 1 saturated heterocycles. The van der Waals surface area contributed by atoms with Gasteiger partial charge in [0, 0.05) is 13.1 Å². The maximum Gasteiger partial charge on any atom is 0.243 e. The molecule has 0 amide bonds. The van der Waals surface area contributed by atoms with Crippen LogP contribution in [0.1, 0.15) is 70.3 Å². The van der Waals surface area contributed by atoms with Crippen molar-refractivity contribution in [3.05, 3.63) is 53.6 Å². The van der Waals surface area contributed by atoms with E-state index in [1.165, 1.54) is 38.5 Å². The summed E-state index contributed by atoms with van der Waals surface area (Å²) in [6.45, 7) is 9.42. The second-order valence-corrected chi connectivity index (χ2v) is 9.58. The van der Waals surface area contributed by atoms with Crippen LogP contribution in [-0.2, 0) is 10.0 Å². The molecule has 1 fully saturated rings. The van der Waals surface area contributed by atoms with Crippen LogP contribution in [0.15, 0.2) is 53.0 Å². The SMILES string of the molecule is C=C1CCCN(S(=O)(=O)c2ccc(C)cc2)C/C1=C/CCCCCCCC. The molecular weight excluding hydrogens is 354 g/mol. The van der Waals surface area contributed by atoms with Crippen molar-refractivity contribution >= 4 is 10.0 Å². The van der Waals surface area contributed by atoms with Crippen molar-refractivity contribution in [1.29, 1.82) is 0 Å². The lowest BCUT2D eigenvalue weighted by molar-refractivity contribution is 0.441. The summed E-state index contributed by atoms with van der Waals surface area (Å²) in [7, 11) is -3.45. The molecular formula is C23H35NO2S. The number of hydrogen-bond donors (Lipinski definition) is 0. The highest BCUT2D eigenvalue weighted by molar-refractivity contribution is 7.89. The third-order valence-electron chi connectivity index (χ3n) is 5.29. The van der Waals surface area contributed by atoms with Crippen LogP contribution in [0.5, 0.6) is 0 Å². The van der Waals surface area contributed by atoms with E-state index in [0.29, 0.717) is 18.0 Å². The molecule has 0 saturated carbocycles. The molecule has 0 N–H and O–H groups in total. The summed E-state index contributed by atoms with van der Waals surface area (Å²) in [6.07, 6.45) is 12.6. The number of aryl methyl sites for hydroxylation is 1. The predicted octanol–water partition coefficient (Wildman–Crippen LogP) is 6.01. The summed E-state index contributed by atoms with van der Waals surface area (Å²) < 4.78 is 27.7. The number of sulfonamides is 1. The third-order valence-corrected chi connectivity index (χ3v) is 7.15. The van der Waals surface area contributed by atoms with E-state index in [1.54, 1.807) is 16.4 Å². The van der Waals surface area contributed by atoms with Gasteiger partial charge in [0.25, 0.3) is 0 Å². The minimum Gasteiger partial charge on any atom is -0.207 e. The Morgan fingerprint density at radius 1 is 1.07 bits per heavy atom. The molecule has 1 aromatic carbocycles. The lowest BCUT2D eigenvalue weighted by atomic mass is 10.0. The van der Waals surface area contributed by atoms with E-state index in [4.69, 9.17) is 0 Å². The van der Waals surface area contributed by atoms with Gasteiger partial charge in [-0.05, 0) is 50.3 Å². The van der Waals surface area contributed by atoms with Crippen molar-refractivity contribution < 1.29 is 8.42 Å². The number of nitrogens with zero attached hydrogens (tertiary/aromatic N) is 1. The Morgan fingerprint density at radius 3 is 2.44 bits per heavy atom. The molecule has 1 aromatic rings. The predicted molar refractivity (Wildman–Crippen MR) is 114 cm³/mol. The van der Waals surface area contributed by atoms with Crippen molar-refractivity contribution in [3.8, 4) is 0 Å². The van der Waals surface area contributed by atoms with Crippen LogP contribution in [0, 0.1) is 6.92 Å². The summed E-state index contributed by atoms with van der Waals surface area (Å²) in [4.78, 5) is 0.385. The topological polar surface area (TPSA) is 37.4 Å². The average molecular weight is 390 g/mol. The van der Waals surface area contributed by atoms with Gasteiger partial charge in [0.15, 0.2) is 0 Å². The Balaban J connectivity index is 2.01. The molecule has 0 atom stereocenters. The molecule has 4 heteroatoms. The van der Waals surface area contributed by atoms with Crippen LogP contribution in [0.2, 0.25) is 0 Å². The van der Waals surface area contributed by atoms with Gasteiger partial charge in [0.05, 0.1) is 4.90 Å². The standard InChI is InChI=1S/C23H35NO2S/c1-4-5-6-7-8-9-10-13-22-19-24(18-11-12-21(22)3)27(25,26)23-16-14-20(2)15-17-23/h13-17H,3-12,18-19H2,1-2H3/b22-13-. The Kier molecular flexibility index (Phi) is 8.78. The van der Waals surface area contributed by atoms with Gasteiger partial charge in [-0.1, -0.05) is 75.0 Å². The maximum atomic E-state index is 13.0. The highest BCUT2D eigenvalue weighted by atomic mass is 32.2. The van der Waals surface area contributed by atoms with Crippen LogP contribution < -0.4 is 0 Å². The number of rotatable bonds is 9. The molecule has 0 radical (unpaired) electrons. The molecule has 150 valence electrons. The third kappa shape index (κ3) is 6.62. The molecule has 27 heavy (non-hydrogen) atoms. The Labute approximate surface area is 166 Å². The Morgan fingerprint density at radius 2 is 1.74 bits per heavy atom. The molecule has 0 spiro atoms. The number of hydrogen-bond acceptors (Lipinski definition) is 2. The van der Waals surface area contributed by atoms with Crippen LogP contribution >= 0.6 is 0 Å². The number of benzene rings is 1. The van der Waals surface area contributed by atoms with Gasteiger partial charge in [-0.3, -0.25) is 0 Å². The van der Waals surface area contributed by atoms with E-state index in [0.717, 1.165) is 36.0 Å². The normalized spacial score (nSPS) is 18.0. The molecule has 0 aliphatic carbocycles. The van der Waals surface area contributed by atoms with Crippen molar-refractivity contribution in [2.45, 2.75) is 76.5 Å². The Bertz CT molecular complexity index is 732. The molecule has 0 unspecified atom stereocenters. The highest BCUT2D eigenvalue weighted by Gasteiger charge is 2.27. The minimum absolute atomic E-state index is 0.385. The van der Waals surface area contributed by atoms with Gasteiger partial charge in [0.2, 0.25) is 10.0 Å². The van der Waals surface area contributed by atoms with Gasteiger partial charge in [0.1, 0.15) is 0 Å². The molecule has 2 rings (SSSR count). The van der Waals surface area contributed by atoms with Gasteiger partial charge in [-0.25, -0.2) is 8.42 Å². The van der Waals surface area contributed by atoms with Crippen molar-refractivity contribution in [3.63, 3.8) is 0 Å². The zero-order valence-corrected chi connectivity index (χ0v) is 17.9. The summed E-state index contributed by atoms with van der Waals surface area (Å²) in [5.41, 5.74) is 3.28. The molecule has 1 aliphatic rings. The molecule has 3 nitrogen and oxygen atoms in total. The Hall–Kier alpha value is -1.39. The zero-order valence-electron chi connectivity index (χ0n) is 17.0. The van der Waals surface area contributed by atoms with Crippen molar-refractivity contribution in [1.82, 2.24) is 4.31 Å². The van der Waals surface area contributed by atoms with Crippen LogP contribution in [-0.4, -0.2) is 25.8 Å². The van der Waals surface area contributed by atoms with Crippen LogP contribution in [0.25, 0.3) is 0 Å². The number of allylic oxidation sites excluding steroid dienone is 1. The maximum absolute atomic E-state index is 13.0. The van der Waals surface area contributed by atoms with Crippen molar-refractivity contribution in [2.24, 2.45) is 0 Å². The lowest BCUT2D eigenvalue weighted by Gasteiger charge is -2.21. The van der Waals surface area contributed by atoms with Gasteiger partial charge in [-0.2, -0.15) is 4.31 Å². The van der Waals surface area contributed by atoms with E-state index < -0.39 is 10.0 Å². The van der Waals surface area contributed by atoms with E-state index >= 15 is 0 Å². The van der Waals surface area contributed by atoms with Crippen LogP contribution in [0.3, 0.4) is 0 Å².